The van der Waals surface area contributed by atoms with Crippen molar-refractivity contribution in [2.45, 2.75) is 76.8 Å². The van der Waals surface area contributed by atoms with E-state index in [2.05, 4.69) is 9.62 Å². The van der Waals surface area contributed by atoms with Crippen LogP contribution in [0, 0.1) is 17.8 Å². The topological polar surface area (TPSA) is 102 Å². The normalized spacial score (nSPS) is 29.8. The fraction of sp³-hybridized carbons (Fsp3) is 0.529. The Morgan fingerprint density at radius 1 is 1.14 bits per heavy atom. The predicted octanol–water partition coefficient (Wildman–Crippen LogP) is 6.11. The third-order valence-electron chi connectivity index (χ3n) is 9.68. The van der Waals surface area contributed by atoms with Crippen molar-refractivity contribution < 1.29 is 27.5 Å². The molecule has 44 heavy (non-hydrogen) atoms. The van der Waals surface area contributed by atoms with Crippen LogP contribution in [0.2, 0.25) is 5.02 Å². The van der Waals surface area contributed by atoms with Crippen LogP contribution in [-0.4, -0.2) is 51.2 Å². The summed E-state index contributed by atoms with van der Waals surface area (Å²) in [7, 11) is -3.98. The van der Waals surface area contributed by atoms with Crippen LogP contribution in [0.3, 0.4) is 0 Å². The monoisotopic (exact) mass is 642 g/mol. The Morgan fingerprint density at radius 2 is 1.95 bits per heavy atom. The number of ether oxygens (including phenoxy) is 2. The largest absolute Gasteiger partial charge is 0.487 e. The minimum atomic E-state index is -3.98. The van der Waals surface area contributed by atoms with Gasteiger partial charge >= 0.3 is 0 Å². The van der Waals surface area contributed by atoms with E-state index in [4.69, 9.17) is 21.1 Å². The number of nitrogens with one attached hydrogen (secondary N) is 1. The number of allylic oxidation sites excluding steroid dienone is 1. The van der Waals surface area contributed by atoms with Gasteiger partial charge in [0.1, 0.15) is 18.0 Å². The molecule has 2 aromatic rings. The molecule has 1 N–H and O–H groups in total. The Kier molecular flexibility index (Phi) is 10.1. The van der Waals surface area contributed by atoms with Crippen molar-refractivity contribution >= 4 is 39.5 Å². The van der Waals surface area contributed by atoms with E-state index in [9.17, 15) is 18.0 Å². The van der Waals surface area contributed by atoms with Gasteiger partial charge in [-0.15, -0.1) is 0 Å². The van der Waals surface area contributed by atoms with Gasteiger partial charge in [0, 0.05) is 36.2 Å². The molecule has 10 heteroatoms. The minimum Gasteiger partial charge on any atom is -0.487 e. The Morgan fingerprint density at radius 3 is 2.68 bits per heavy atom. The maximum Gasteiger partial charge on any atom is 0.264 e. The highest BCUT2D eigenvalue weighted by molar-refractivity contribution is 7.90. The zero-order valence-corrected chi connectivity index (χ0v) is 27.3. The number of hydrogen-bond donors (Lipinski definition) is 1. The van der Waals surface area contributed by atoms with Gasteiger partial charge in [-0.1, -0.05) is 30.7 Å². The summed E-state index contributed by atoms with van der Waals surface area (Å²) < 4.78 is 41.5. The predicted molar refractivity (Wildman–Crippen MR) is 173 cm³/mol. The van der Waals surface area contributed by atoms with Crippen LogP contribution in [0.4, 0.5) is 5.69 Å². The van der Waals surface area contributed by atoms with Crippen molar-refractivity contribution in [1.82, 2.24) is 4.72 Å². The molecule has 5 rings (SSSR count). The van der Waals surface area contributed by atoms with Gasteiger partial charge < -0.3 is 14.4 Å². The number of benzene rings is 2. The number of hydrogen-bond acceptors (Lipinski definition) is 7. The summed E-state index contributed by atoms with van der Waals surface area (Å²) in [5, 5.41) is -0.149. The Labute approximate surface area is 266 Å². The molecule has 2 aliphatic heterocycles. The van der Waals surface area contributed by atoms with E-state index < -0.39 is 26.8 Å². The number of sulfonamides is 1. The molecule has 2 heterocycles. The summed E-state index contributed by atoms with van der Waals surface area (Å²) >= 11 is 6.32. The first kappa shape index (κ1) is 32.5. The number of fused-ring (bicyclic) bond motifs is 3. The molecule has 238 valence electrons. The molecule has 0 spiro atoms. The van der Waals surface area contributed by atoms with Gasteiger partial charge in [-0.25, -0.2) is 13.1 Å². The molecule has 1 saturated carbocycles. The number of anilines is 1. The standard InChI is InChI=1S/C34H43ClN2O6S/c1-4-43-34(22-38)16-7-8-23(2)24(3)44(40,41)36-33(39)26-12-15-32-31(19-26)37(20-27-11-14-30(27)34)17-6-5-9-25-18-29(35)13-10-28(25)21-42-32/h7,10,12-13,15-16,18-19,22-24,27,30H,4-6,8-9,11,14,17,20-21H2,1-3H3,(H,36,39)/b16-7+/t23-,24+,27-,30+,34+/m0/s1. The second-order valence-electron chi connectivity index (χ2n) is 12.4. The zero-order valence-electron chi connectivity index (χ0n) is 25.8. The number of carbonyl (C=O) groups is 2. The van der Waals surface area contributed by atoms with Crippen LogP contribution in [-0.2, 0) is 32.6 Å². The molecule has 2 bridgehead atoms. The molecule has 1 amide bonds. The highest BCUT2D eigenvalue weighted by Gasteiger charge is 2.48. The molecule has 1 aliphatic carbocycles. The maximum atomic E-state index is 13.4. The fourth-order valence-electron chi connectivity index (χ4n) is 6.68. The van der Waals surface area contributed by atoms with Crippen LogP contribution in [0.25, 0.3) is 0 Å². The average Bonchev–Trinajstić information content (AvgIpc) is 3.01. The van der Waals surface area contributed by atoms with Crippen LogP contribution in [0.5, 0.6) is 5.75 Å². The number of carbonyl (C=O) groups excluding carboxylic acids is 2. The Balaban J connectivity index is 1.59. The smallest absolute Gasteiger partial charge is 0.264 e. The second-order valence-corrected chi connectivity index (χ2v) is 14.9. The van der Waals surface area contributed by atoms with E-state index in [-0.39, 0.29) is 23.3 Å². The first-order chi connectivity index (χ1) is 21.1. The van der Waals surface area contributed by atoms with E-state index in [1.807, 2.05) is 44.2 Å². The summed E-state index contributed by atoms with van der Waals surface area (Å²) in [4.78, 5) is 28.4. The fourth-order valence-corrected chi connectivity index (χ4v) is 8.16. The highest BCUT2D eigenvalue weighted by Crippen LogP contribution is 2.46. The third-order valence-corrected chi connectivity index (χ3v) is 11.8. The molecule has 0 aromatic heterocycles. The zero-order chi connectivity index (χ0) is 31.5. The summed E-state index contributed by atoms with van der Waals surface area (Å²) in [5.74, 6) is -0.214. The molecule has 0 radical (unpaired) electrons. The summed E-state index contributed by atoms with van der Waals surface area (Å²) in [6.07, 6.45) is 9.53. The molecular weight excluding hydrogens is 600 g/mol. The highest BCUT2D eigenvalue weighted by atomic mass is 35.5. The second kappa shape index (κ2) is 13.6. The molecule has 0 unspecified atom stereocenters. The Hall–Kier alpha value is -2.88. The van der Waals surface area contributed by atoms with Crippen LogP contribution in [0.15, 0.2) is 48.6 Å². The van der Waals surface area contributed by atoms with Crippen molar-refractivity contribution in [3.63, 3.8) is 0 Å². The van der Waals surface area contributed by atoms with E-state index in [0.717, 1.165) is 55.2 Å². The van der Waals surface area contributed by atoms with Crippen molar-refractivity contribution in [2.75, 3.05) is 24.6 Å². The molecule has 5 atom stereocenters. The molecule has 0 saturated heterocycles. The first-order valence-corrected chi connectivity index (χ1v) is 17.6. The van der Waals surface area contributed by atoms with E-state index in [0.29, 0.717) is 43.5 Å². The number of nitrogens with zero attached hydrogens (tertiary/aromatic N) is 1. The van der Waals surface area contributed by atoms with Crippen LogP contribution >= 0.6 is 11.6 Å². The van der Waals surface area contributed by atoms with Crippen molar-refractivity contribution in [3.05, 3.63) is 70.3 Å². The minimum absolute atomic E-state index is 0.0269. The number of aldehydes is 1. The van der Waals surface area contributed by atoms with Gasteiger partial charge in [0.05, 0.1) is 10.9 Å². The van der Waals surface area contributed by atoms with Gasteiger partial charge in [-0.3, -0.25) is 9.59 Å². The summed E-state index contributed by atoms with van der Waals surface area (Å²) in [6.45, 7) is 7.38. The molecule has 2 aromatic carbocycles. The lowest BCUT2D eigenvalue weighted by Gasteiger charge is -2.48. The van der Waals surface area contributed by atoms with Crippen LogP contribution in [0.1, 0.15) is 74.4 Å². The lowest BCUT2D eigenvalue weighted by atomic mass is 9.64. The number of amides is 1. The van der Waals surface area contributed by atoms with Crippen LogP contribution < -0.4 is 14.4 Å². The number of aryl methyl sites for hydroxylation is 1. The first-order valence-electron chi connectivity index (χ1n) is 15.7. The number of rotatable bonds is 3. The Bertz CT molecular complexity index is 1510. The lowest BCUT2D eigenvalue weighted by molar-refractivity contribution is -0.140. The van der Waals surface area contributed by atoms with Crippen molar-refractivity contribution in [3.8, 4) is 5.75 Å². The van der Waals surface area contributed by atoms with Gasteiger partial charge in [0.25, 0.3) is 5.91 Å². The lowest BCUT2D eigenvalue weighted by Crippen LogP contribution is -2.52. The molecule has 8 nitrogen and oxygen atoms in total. The SMILES string of the molecule is CCO[C@@]1(C=O)/C=C/C[C@H](C)[C@@H](C)S(=O)(=O)NC(=O)c2ccc3c(c2)N(CCCCc2cc(Cl)ccc2CO3)C[C@@H]2CC[C@H]21. The summed E-state index contributed by atoms with van der Waals surface area (Å²) in [5.41, 5.74) is 2.10. The van der Waals surface area contributed by atoms with E-state index in [1.165, 1.54) is 0 Å². The van der Waals surface area contributed by atoms with E-state index in [1.54, 1.807) is 25.1 Å². The summed E-state index contributed by atoms with van der Waals surface area (Å²) in [6, 6.07) is 11.0. The van der Waals surface area contributed by atoms with Gasteiger partial charge in [-0.05, 0) is 112 Å². The molecule has 1 fully saturated rings. The average molecular weight is 643 g/mol. The van der Waals surface area contributed by atoms with Gasteiger partial charge in [0.15, 0.2) is 6.29 Å². The van der Waals surface area contributed by atoms with Crippen molar-refractivity contribution in [1.29, 1.82) is 0 Å². The quantitative estimate of drug-likeness (QED) is 0.319. The van der Waals surface area contributed by atoms with E-state index >= 15 is 0 Å². The number of halogens is 1. The van der Waals surface area contributed by atoms with Gasteiger partial charge in [0.2, 0.25) is 10.0 Å². The van der Waals surface area contributed by atoms with Gasteiger partial charge in [-0.2, -0.15) is 0 Å². The third kappa shape index (κ3) is 6.85. The molecule has 3 aliphatic rings. The van der Waals surface area contributed by atoms with Crippen molar-refractivity contribution in [2.24, 2.45) is 17.8 Å². The molecular formula is C34H43ClN2O6S. The maximum absolute atomic E-state index is 13.4.